The van der Waals surface area contributed by atoms with E-state index in [9.17, 15) is 9.18 Å². The molecule has 1 aromatic heterocycles. The van der Waals surface area contributed by atoms with Gasteiger partial charge in [0.15, 0.2) is 0 Å². The molecule has 0 fully saturated rings. The number of ether oxygens (including phenoxy) is 1. The number of nitrogens with zero attached hydrogens (tertiary/aromatic N) is 1. The summed E-state index contributed by atoms with van der Waals surface area (Å²) in [7, 11) is 1.17. The van der Waals surface area contributed by atoms with Crippen molar-refractivity contribution in [3.63, 3.8) is 0 Å². The Kier molecular flexibility index (Phi) is 2.07. The Morgan fingerprint density at radius 2 is 2.47 bits per heavy atom. The molecule has 1 atom stereocenters. The van der Waals surface area contributed by atoms with Gasteiger partial charge in [0.1, 0.15) is 0 Å². The molecule has 1 aliphatic carbocycles. The highest BCUT2D eigenvalue weighted by atomic mass is 19.1. The number of fused-ring (bicyclic) bond motifs is 1. The van der Waals surface area contributed by atoms with Crippen molar-refractivity contribution in [2.75, 3.05) is 7.11 Å². The van der Waals surface area contributed by atoms with Crippen molar-refractivity contribution in [3.8, 4) is 0 Å². The van der Waals surface area contributed by atoms with Gasteiger partial charge in [-0.05, 0) is 11.6 Å². The number of carbonyl (C=O) groups excluding carboxylic acids is 1. The molecule has 1 heterocycles. The van der Waals surface area contributed by atoms with Crippen molar-refractivity contribution in [1.82, 2.24) is 4.98 Å². The number of methoxy groups -OCH3 is 1. The van der Waals surface area contributed by atoms with E-state index in [1.54, 1.807) is 12.3 Å². The van der Waals surface area contributed by atoms with E-state index in [-0.39, 0.29) is 12.0 Å². The van der Waals surface area contributed by atoms with E-state index in [0.29, 0.717) is 11.3 Å². The number of alkyl halides is 1. The molecule has 0 aromatic carbocycles. The smallest absolute Gasteiger partial charge is 0.348 e. The van der Waals surface area contributed by atoms with Crippen LogP contribution in [0.5, 0.6) is 0 Å². The largest absolute Gasteiger partial charge is 0.466 e. The molecule has 2 rings (SSSR count). The molecule has 0 bridgehead atoms. The molecule has 78 valence electrons. The highest BCUT2D eigenvalue weighted by Crippen LogP contribution is 2.45. The molecule has 15 heavy (non-hydrogen) atoms. The number of hydrogen-bond donors (Lipinski definition) is 0. The predicted molar refractivity (Wildman–Crippen MR) is 52.7 cm³/mol. The van der Waals surface area contributed by atoms with Crippen LogP contribution >= 0.6 is 0 Å². The van der Waals surface area contributed by atoms with Crippen LogP contribution in [0.25, 0.3) is 5.57 Å². The van der Waals surface area contributed by atoms with E-state index in [4.69, 9.17) is 0 Å². The third kappa shape index (κ3) is 1.25. The minimum Gasteiger partial charge on any atom is -0.466 e. The summed E-state index contributed by atoms with van der Waals surface area (Å²) < 4.78 is 18.8. The fourth-order valence-electron chi connectivity index (χ4n) is 1.82. The highest BCUT2D eigenvalue weighted by molar-refractivity contribution is 5.89. The fourth-order valence-corrected chi connectivity index (χ4v) is 1.82. The molecule has 0 saturated carbocycles. The summed E-state index contributed by atoms with van der Waals surface area (Å²) >= 11 is 0. The van der Waals surface area contributed by atoms with Crippen LogP contribution in [0.15, 0.2) is 24.9 Å². The van der Waals surface area contributed by atoms with Gasteiger partial charge >= 0.3 is 5.97 Å². The molecule has 4 heteroatoms. The molecule has 1 aromatic rings. The quantitative estimate of drug-likeness (QED) is 0.659. The van der Waals surface area contributed by atoms with Crippen molar-refractivity contribution in [2.24, 2.45) is 0 Å². The van der Waals surface area contributed by atoms with Gasteiger partial charge in [0.25, 0.3) is 0 Å². The average Bonchev–Trinajstić information content (AvgIpc) is 2.52. The summed E-state index contributed by atoms with van der Waals surface area (Å²) in [6.07, 6.45) is 1.47. The average molecular weight is 207 g/mol. The summed E-state index contributed by atoms with van der Waals surface area (Å²) in [6.45, 7) is 3.70. The second-order valence-electron chi connectivity index (χ2n) is 3.47. The van der Waals surface area contributed by atoms with Gasteiger partial charge in [-0.1, -0.05) is 12.6 Å². The number of esters is 1. The molecule has 0 saturated heterocycles. The maximum absolute atomic E-state index is 14.4. The van der Waals surface area contributed by atoms with Gasteiger partial charge in [-0.2, -0.15) is 0 Å². The predicted octanol–water partition coefficient (Wildman–Crippen LogP) is 1.84. The monoisotopic (exact) mass is 207 g/mol. The highest BCUT2D eigenvalue weighted by Gasteiger charge is 2.49. The normalized spacial score (nSPS) is 23.7. The Bertz CT molecular complexity index is 444. The standard InChI is InChI=1S/C11H10FNO2/c1-7-6-11(12,10(14)15-2)8-4-3-5-13-9(7)8/h3-5H,1,6H2,2H3. The maximum atomic E-state index is 14.4. The van der Waals surface area contributed by atoms with E-state index in [0.717, 1.165) is 0 Å². The van der Waals surface area contributed by atoms with E-state index in [1.165, 1.54) is 13.2 Å². The molecule has 3 nitrogen and oxygen atoms in total. The Hall–Kier alpha value is -1.71. The van der Waals surface area contributed by atoms with E-state index in [2.05, 4.69) is 16.3 Å². The van der Waals surface area contributed by atoms with Crippen LogP contribution in [0.3, 0.4) is 0 Å². The summed E-state index contributed by atoms with van der Waals surface area (Å²) in [6, 6.07) is 3.13. The molecule has 0 radical (unpaired) electrons. The summed E-state index contributed by atoms with van der Waals surface area (Å²) in [4.78, 5) is 15.4. The molecule has 0 aliphatic heterocycles. The van der Waals surface area contributed by atoms with Crippen LogP contribution in [0.2, 0.25) is 0 Å². The zero-order valence-electron chi connectivity index (χ0n) is 8.29. The minimum atomic E-state index is -2.12. The van der Waals surface area contributed by atoms with Crippen LogP contribution < -0.4 is 0 Å². The van der Waals surface area contributed by atoms with Crippen LogP contribution in [0.4, 0.5) is 4.39 Å². The first-order valence-electron chi connectivity index (χ1n) is 4.50. The lowest BCUT2D eigenvalue weighted by Gasteiger charge is -2.16. The second kappa shape index (κ2) is 3.15. The Morgan fingerprint density at radius 3 is 3.13 bits per heavy atom. The number of rotatable bonds is 1. The maximum Gasteiger partial charge on any atom is 0.348 e. The molecule has 0 spiro atoms. The van der Waals surface area contributed by atoms with Crippen molar-refractivity contribution in [3.05, 3.63) is 36.2 Å². The third-order valence-corrected chi connectivity index (χ3v) is 2.54. The topological polar surface area (TPSA) is 39.2 Å². The summed E-state index contributed by atoms with van der Waals surface area (Å²) in [5, 5.41) is 0. The number of hydrogen-bond acceptors (Lipinski definition) is 3. The van der Waals surface area contributed by atoms with Crippen LogP contribution in [0.1, 0.15) is 17.7 Å². The number of carbonyl (C=O) groups is 1. The first-order chi connectivity index (χ1) is 7.09. The molecular formula is C11H10FNO2. The zero-order valence-corrected chi connectivity index (χ0v) is 8.29. The second-order valence-corrected chi connectivity index (χ2v) is 3.47. The number of pyridine rings is 1. The van der Waals surface area contributed by atoms with Gasteiger partial charge in [-0.25, -0.2) is 9.18 Å². The zero-order chi connectivity index (χ0) is 11.1. The van der Waals surface area contributed by atoms with Crippen LogP contribution in [-0.4, -0.2) is 18.1 Å². The molecule has 0 amide bonds. The van der Waals surface area contributed by atoms with Gasteiger partial charge in [-0.15, -0.1) is 0 Å². The van der Waals surface area contributed by atoms with Crippen molar-refractivity contribution >= 4 is 11.5 Å². The summed E-state index contributed by atoms with van der Waals surface area (Å²) in [5.74, 6) is -0.893. The Morgan fingerprint density at radius 1 is 1.73 bits per heavy atom. The van der Waals surface area contributed by atoms with Crippen molar-refractivity contribution in [2.45, 2.75) is 12.1 Å². The lowest BCUT2D eigenvalue weighted by molar-refractivity contribution is -0.154. The van der Waals surface area contributed by atoms with Gasteiger partial charge in [0.05, 0.1) is 12.8 Å². The Balaban J connectivity index is 2.57. The number of allylic oxidation sites excluding steroid dienone is 1. The van der Waals surface area contributed by atoms with E-state index >= 15 is 0 Å². The van der Waals surface area contributed by atoms with Crippen LogP contribution in [0, 0.1) is 0 Å². The van der Waals surface area contributed by atoms with Gasteiger partial charge in [-0.3, -0.25) is 4.98 Å². The Labute approximate surface area is 86.6 Å². The lowest BCUT2D eigenvalue weighted by Crippen LogP contribution is -2.29. The summed E-state index contributed by atoms with van der Waals surface area (Å²) in [5.41, 5.74) is -0.874. The number of aromatic nitrogens is 1. The van der Waals surface area contributed by atoms with E-state index in [1.807, 2.05) is 0 Å². The van der Waals surface area contributed by atoms with Crippen LogP contribution in [-0.2, 0) is 15.2 Å². The van der Waals surface area contributed by atoms with E-state index < -0.39 is 11.6 Å². The van der Waals surface area contributed by atoms with Gasteiger partial charge in [0, 0.05) is 18.2 Å². The third-order valence-electron chi connectivity index (χ3n) is 2.54. The first-order valence-corrected chi connectivity index (χ1v) is 4.50. The minimum absolute atomic E-state index is 0.0774. The number of halogens is 1. The van der Waals surface area contributed by atoms with Crippen molar-refractivity contribution in [1.29, 1.82) is 0 Å². The molecule has 1 aliphatic rings. The van der Waals surface area contributed by atoms with Crippen molar-refractivity contribution < 1.29 is 13.9 Å². The lowest BCUT2D eigenvalue weighted by atomic mass is 9.99. The molecule has 0 N–H and O–H groups in total. The van der Waals surface area contributed by atoms with Gasteiger partial charge < -0.3 is 4.74 Å². The first kappa shape index (κ1) is 9.83. The SMILES string of the molecule is C=C1CC(F)(C(=O)OC)c2cccnc21. The fraction of sp³-hybridized carbons (Fsp3) is 0.273. The molecule has 1 unspecified atom stereocenters. The van der Waals surface area contributed by atoms with Gasteiger partial charge in [0.2, 0.25) is 5.67 Å². The molecular weight excluding hydrogens is 197 g/mol.